The normalized spacial score (nSPS) is 19.9. The molecule has 0 spiro atoms. The van der Waals surface area contributed by atoms with Crippen molar-refractivity contribution < 1.29 is 19.1 Å². The number of rotatable bonds is 10. The SMILES string of the molecule is CCOCCOCCNC(=O)C1CCC(c2ccc(C(C)=O)cc2)CC1. The second-order valence-corrected chi connectivity index (χ2v) is 6.83. The van der Waals surface area contributed by atoms with Crippen molar-refractivity contribution in [1.29, 1.82) is 0 Å². The highest BCUT2D eigenvalue weighted by molar-refractivity contribution is 5.94. The Labute approximate surface area is 156 Å². The third kappa shape index (κ3) is 6.54. The highest BCUT2D eigenvalue weighted by atomic mass is 16.5. The fraction of sp³-hybridized carbons (Fsp3) is 0.619. The zero-order valence-corrected chi connectivity index (χ0v) is 16.0. The molecule has 0 unspecified atom stereocenters. The highest BCUT2D eigenvalue weighted by Crippen LogP contribution is 2.35. The number of ether oxygens (including phenoxy) is 2. The topological polar surface area (TPSA) is 64.6 Å². The Balaban J connectivity index is 1.65. The molecule has 26 heavy (non-hydrogen) atoms. The Morgan fingerprint density at radius 3 is 2.27 bits per heavy atom. The maximum Gasteiger partial charge on any atom is 0.223 e. The second kappa shape index (κ2) is 11.1. The standard InChI is InChI=1S/C21H31NO4/c1-3-25-14-15-26-13-12-22-21(24)20-10-8-19(9-11-20)18-6-4-17(5-7-18)16(2)23/h4-7,19-20H,3,8-15H2,1-2H3,(H,22,24). The minimum absolute atomic E-state index is 0.0961. The van der Waals surface area contributed by atoms with E-state index in [-0.39, 0.29) is 17.6 Å². The molecule has 1 fully saturated rings. The summed E-state index contributed by atoms with van der Waals surface area (Å²) in [7, 11) is 0. The molecule has 0 saturated heterocycles. The van der Waals surface area contributed by atoms with E-state index in [0.717, 1.165) is 31.2 Å². The third-order valence-electron chi connectivity index (χ3n) is 5.01. The molecular formula is C21H31NO4. The molecule has 0 atom stereocenters. The molecule has 1 amide bonds. The van der Waals surface area contributed by atoms with Crippen LogP contribution >= 0.6 is 0 Å². The van der Waals surface area contributed by atoms with Gasteiger partial charge >= 0.3 is 0 Å². The van der Waals surface area contributed by atoms with Crippen LogP contribution in [0.5, 0.6) is 0 Å². The monoisotopic (exact) mass is 361 g/mol. The summed E-state index contributed by atoms with van der Waals surface area (Å²) in [6.07, 6.45) is 3.86. The lowest BCUT2D eigenvalue weighted by Crippen LogP contribution is -2.35. The zero-order valence-electron chi connectivity index (χ0n) is 16.0. The fourth-order valence-corrected chi connectivity index (χ4v) is 3.43. The zero-order chi connectivity index (χ0) is 18.8. The Bertz CT molecular complexity index is 562. The number of amides is 1. The molecule has 1 aliphatic carbocycles. The summed E-state index contributed by atoms with van der Waals surface area (Å²) in [6.45, 7) is 6.48. The van der Waals surface area contributed by atoms with Gasteiger partial charge < -0.3 is 14.8 Å². The van der Waals surface area contributed by atoms with E-state index in [1.807, 2.05) is 19.1 Å². The molecule has 0 radical (unpaired) electrons. The van der Waals surface area contributed by atoms with Crippen LogP contribution in [0.4, 0.5) is 0 Å². The van der Waals surface area contributed by atoms with Crippen LogP contribution in [0.25, 0.3) is 0 Å². The average molecular weight is 361 g/mol. The number of benzene rings is 1. The van der Waals surface area contributed by atoms with Crippen molar-refractivity contribution in [3.8, 4) is 0 Å². The summed E-state index contributed by atoms with van der Waals surface area (Å²) in [4.78, 5) is 23.6. The molecule has 0 aromatic heterocycles. The van der Waals surface area contributed by atoms with Crippen molar-refractivity contribution >= 4 is 11.7 Å². The van der Waals surface area contributed by atoms with E-state index in [1.54, 1.807) is 6.92 Å². The van der Waals surface area contributed by atoms with Gasteiger partial charge in [0.1, 0.15) is 0 Å². The van der Waals surface area contributed by atoms with Crippen molar-refractivity contribution in [2.75, 3.05) is 33.0 Å². The van der Waals surface area contributed by atoms with Crippen molar-refractivity contribution in [1.82, 2.24) is 5.32 Å². The summed E-state index contributed by atoms with van der Waals surface area (Å²) in [5.74, 6) is 0.829. The van der Waals surface area contributed by atoms with E-state index in [4.69, 9.17) is 9.47 Å². The van der Waals surface area contributed by atoms with Gasteiger partial charge in [-0.3, -0.25) is 9.59 Å². The maximum atomic E-state index is 12.3. The summed E-state index contributed by atoms with van der Waals surface area (Å²) in [5, 5.41) is 2.98. The van der Waals surface area contributed by atoms with Crippen LogP contribution in [0.3, 0.4) is 0 Å². The maximum absolute atomic E-state index is 12.3. The first-order valence-corrected chi connectivity index (χ1v) is 9.66. The van der Waals surface area contributed by atoms with Crippen LogP contribution in [0.1, 0.15) is 61.4 Å². The van der Waals surface area contributed by atoms with Crippen LogP contribution in [0, 0.1) is 5.92 Å². The van der Waals surface area contributed by atoms with Crippen LogP contribution in [-0.4, -0.2) is 44.7 Å². The third-order valence-corrected chi connectivity index (χ3v) is 5.01. The van der Waals surface area contributed by atoms with Crippen LogP contribution in [0.15, 0.2) is 24.3 Å². The molecule has 5 heteroatoms. The smallest absolute Gasteiger partial charge is 0.223 e. The van der Waals surface area contributed by atoms with Gasteiger partial charge in [0, 0.05) is 24.6 Å². The average Bonchev–Trinajstić information content (AvgIpc) is 2.67. The summed E-state index contributed by atoms with van der Waals surface area (Å²) in [6, 6.07) is 7.92. The van der Waals surface area contributed by atoms with Gasteiger partial charge in [-0.15, -0.1) is 0 Å². The molecular weight excluding hydrogens is 330 g/mol. The van der Waals surface area contributed by atoms with Gasteiger partial charge in [0.05, 0.1) is 19.8 Å². The van der Waals surface area contributed by atoms with Gasteiger partial charge in [-0.05, 0) is 51.0 Å². The van der Waals surface area contributed by atoms with Crippen molar-refractivity contribution in [2.45, 2.75) is 45.4 Å². The molecule has 1 saturated carbocycles. The Kier molecular flexibility index (Phi) is 8.78. The quantitative estimate of drug-likeness (QED) is 0.513. The number of carbonyl (C=O) groups excluding carboxylic acids is 2. The second-order valence-electron chi connectivity index (χ2n) is 6.83. The first kappa shape index (κ1) is 20.6. The highest BCUT2D eigenvalue weighted by Gasteiger charge is 2.26. The molecule has 0 aliphatic heterocycles. The predicted octanol–water partition coefficient (Wildman–Crippen LogP) is 3.33. The molecule has 1 aromatic rings. The van der Waals surface area contributed by atoms with Crippen molar-refractivity contribution in [2.24, 2.45) is 5.92 Å². The summed E-state index contributed by atoms with van der Waals surface area (Å²) < 4.78 is 10.6. The van der Waals surface area contributed by atoms with Gasteiger partial charge in [-0.25, -0.2) is 0 Å². The number of hydrogen-bond donors (Lipinski definition) is 1. The molecule has 1 aliphatic rings. The number of hydrogen-bond acceptors (Lipinski definition) is 4. The van der Waals surface area contributed by atoms with Gasteiger partial charge in [-0.1, -0.05) is 24.3 Å². The largest absolute Gasteiger partial charge is 0.379 e. The van der Waals surface area contributed by atoms with E-state index in [1.165, 1.54) is 5.56 Å². The van der Waals surface area contributed by atoms with E-state index < -0.39 is 0 Å². The molecule has 1 aromatic carbocycles. The van der Waals surface area contributed by atoms with E-state index >= 15 is 0 Å². The van der Waals surface area contributed by atoms with Crippen LogP contribution in [0.2, 0.25) is 0 Å². The lowest BCUT2D eigenvalue weighted by Gasteiger charge is -2.28. The first-order valence-electron chi connectivity index (χ1n) is 9.66. The lowest BCUT2D eigenvalue weighted by molar-refractivity contribution is -0.126. The van der Waals surface area contributed by atoms with Gasteiger partial charge in [0.25, 0.3) is 0 Å². The number of ketones is 1. The van der Waals surface area contributed by atoms with E-state index in [0.29, 0.717) is 38.9 Å². The number of carbonyl (C=O) groups is 2. The van der Waals surface area contributed by atoms with Crippen molar-refractivity contribution in [3.63, 3.8) is 0 Å². The molecule has 5 nitrogen and oxygen atoms in total. The van der Waals surface area contributed by atoms with Gasteiger partial charge in [-0.2, -0.15) is 0 Å². The van der Waals surface area contributed by atoms with Gasteiger partial charge in [0.15, 0.2) is 5.78 Å². The minimum Gasteiger partial charge on any atom is -0.379 e. The molecule has 2 rings (SSSR count). The van der Waals surface area contributed by atoms with E-state index in [2.05, 4.69) is 17.4 Å². The molecule has 0 heterocycles. The number of Topliss-reactive ketones (excluding diaryl/α,β-unsaturated/α-hetero) is 1. The van der Waals surface area contributed by atoms with Crippen molar-refractivity contribution in [3.05, 3.63) is 35.4 Å². The Morgan fingerprint density at radius 1 is 1.00 bits per heavy atom. The summed E-state index contributed by atoms with van der Waals surface area (Å²) in [5.41, 5.74) is 2.03. The Morgan fingerprint density at radius 2 is 1.65 bits per heavy atom. The molecule has 144 valence electrons. The molecule has 0 bridgehead atoms. The summed E-state index contributed by atoms with van der Waals surface area (Å²) >= 11 is 0. The Hall–Kier alpha value is -1.72. The van der Waals surface area contributed by atoms with E-state index in [9.17, 15) is 9.59 Å². The molecule has 1 N–H and O–H groups in total. The lowest BCUT2D eigenvalue weighted by atomic mass is 9.78. The van der Waals surface area contributed by atoms with Crippen LogP contribution in [-0.2, 0) is 14.3 Å². The van der Waals surface area contributed by atoms with Gasteiger partial charge in [0.2, 0.25) is 5.91 Å². The fourth-order valence-electron chi connectivity index (χ4n) is 3.43. The predicted molar refractivity (Wildman–Crippen MR) is 101 cm³/mol. The number of nitrogens with one attached hydrogen (secondary N) is 1. The minimum atomic E-state index is 0.0961. The van der Waals surface area contributed by atoms with Crippen LogP contribution < -0.4 is 5.32 Å². The first-order chi connectivity index (χ1) is 12.6.